The third kappa shape index (κ3) is 11.5. The van der Waals surface area contributed by atoms with Gasteiger partial charge in [-0.1, -0.05) is 0 Å². The summed E-state index contributed by atoms with van der Waals surface area (Å²) < 4.78 is 101. The Morgan fingerprint density at radius 2 is 1.31 bits per heavy atom. The molecule has 0 bridgehead atoms. The fourth-order valence-electron chi connectivity index (χ4n) is 3.31. The minimum absolute atomic E-state index is 0.276. The number of hydrogen-bond acceptors (Lipinski definition) is 11. The van der Waals surface area contributed by atoms with Crippen LogP contribution in [0.1, 0.15) is 40.5 Å². The van der Waals surface area contributed by atoms with E-state index in [0.29, 0.717) is 0 Å². The van der Waals surface area contributed by atoms with E-state index in [4.69, 9.17) is 23.7 Å². The minimum Gasteiger partial charge on any atom is -0.463 e. The second-order valence-corrected chi connectivity index (χ2v) is 8.04. The standard InChI is InChI=1S/C21H26F6N2O10/c1-9(30)35-8-13-15(36-10(2)31)16(37-11(3)32)17(38-12(4)33)18(39-13)29-14(34)6-5-7-28-19(20(22,23)24)21(25,26)27/h7,13,15-19H,5-6,8H2,1-4H3,(H,29,34)/t13-,15-,16+,17-,18-/m1/s1. The van der Waals surface area contributed by atoms with E-state index >= 15 is 0 Å². The van der Waals surface area contributed by atoms with Crippen molar-refractivity contribution in [3.8, 4) is 0 Å². The molecule has 1 heterocycles. The number of rotatable bonds is 10. The first kappa shape index (κ1) is 33.6. The number of esters is 4. The molecule has 0 radical (unpaired) electrons. The van der Waals surface area contributed by atoms with Gasteiger partial charge >= 0.3 is 36.2 Å². The molecule has 0 unspecified atom stereocenters. The van der Waals surface area contributed by atoms with Crippen LogP contribution in [0, 0.1) is 0 Å². The smallest absolute Gasteiger partial charge is 0.419 e. The molecule has 0 aromatic carbocycles. The van der Waals surface area contributed by atoms with E-state index in [0.717, 1.165) is 27.7 Å². The zero-order valence-corrected chi connectivity index (χ0v) is 21.0. The quantitative estimate of drug-likeness (QED) is 0.174. The van der Waals surface area contributed by atoms with E-state index in [1.54, 1.807) is 0 Å². The highest BCUT2D eigenvalue weighted by molar-refractivity contribution is 5.79. The number of alkyl halides is 6. The van der Waals surface area contributed by atoms with Crippen molar-refractivity contribution in [2.24, 2.45) is 4.99 Å². The van der Waals surface area contributed by atoms with Gasteiger partial charge in [0.1, 0.15) is 12.7 Å². The van der Waals surface area contributed by atoms with Crippen LogP contribution in [-0.4, -0.2) is 91.6 Å². The molecule has 0 aliphatic carbocycles. The molecule has 1 saturated heterocycles. The first-order valence-corrected chi connectivity index (χ1v) is 11.1. The largest absolute Gasteiger partial charge is 0.463 e. The normalized spacial score (nSPS) is 23.7. The summed E-state index contributed by atoms with van der Waals surface area (Å²) in [6.45, 7) is 3.36. The van der Waals surface area contributed by atoms with Gasteiger partial charge in [-0.3, -0.25) is 29.0 Å². The lowest BCUT2D eigenvalue weighted by atomic mass is 9.97. The Kier molecular flexibility index (Phi) is 12.1. The van der Waals surface area contributed by atoms with Gasteiger partial charge in [-0.2, -0.15) is 26.3 Å². The van der Waals surface area contributed by atoms with Gasteiger partial charge in [0.25, 0.3) is 0 Å². The van der Waals surface area contributed by atoms with Crippen molar-refractivity contribution in [3.63, 3.8) is 0 Å². The number of carbonyl (C=O) groups is 5. The van der Waals surface area contributed by atoms with E-state index in [-0.39, 0.29) is 6.21 Å². The maximum absolute atomic E-state index is 12.6. The van der Waals surface area contributed by atoms with Crippen molar-refractivity contribution in [3.05, 3.63) is 0 Å². The summed E-state index contributed by atoms with van der Waals surface area (Å²) in [4.78, 5) is 61.3. The fourth-order valence-corrected chi connectivity index (χ4v) is 3.31. The van der Waals surface area contributed by atoms with Crippen LogP contribution in [0.4, 0.5) is 26.3 Å². The van der Waals surface area contributed by atoms with Gasteiger partial charge in [-0.25, -0.2) is 0 Å². The van der Waals surface area contributed by atoms with Crippen molar-refractivity contribution in [2.75, 3.05) is 6.61 Å². The number of nitrogens with zero attached hydrogens (tertiary/aromatic N) is 1. The molecule has 1 aliphatic rings. The van der Waals surface area contributed by atoms with Crippen molar-refractivity contribution in [1.29, 1.82) is 0 Å². The second kappa shape index (κ2) is 14.1. The minimum atomic E-state index is -5.70. The lowest BCUT2D eigenvalue weighted by Crippen LogP contribution is -2.66. The Balaban J connectivity index is 3.17. The molecule has 18 heteroatoms. The van der Waals surface area contributed by atoms with Gasteiger partial charge < -0.3 is 29.0 Å². The lowest BCUT2D eigenvalue weighted by molar-refractivity contribution is -0.257. The van der Waals surface area contributed by atoms with Crippen LogP contribution in [0.3, 0.4) is 0 Å². The van der Waals surface area contributed by atoms with Gasteiger partial charge in [0.15, 0.2) is 24.5 Å². The highest BCUT2D eigenvalue weighted by Crippen LogP contribution is 2.35. The molecule has 0 saturated carbocycles. The number of halogens is 6. The zero-order valence-electron chi connectivity index (χ0n) is 21.0. The molecule has 0 spiro atoms. The molecule has 222 valence electrons. The molecule has 39 heavy (non-hydrogen) atoms. The second-order valence-electron chi connectivity index (χ2n) is 8.04. The highest BCUT2D eigenvalue weighted by atomic mass is 19.4. The Hall–Kier alpha value is -3.44. The van der Waals surface area contributed by atoms with Crippen molar-refractivity contribution in [1.82, 2.24) is 5.32 Å². The van der Waals surface area contributed by atoms with Crippen LogP contribution in [0.5, 0.6) is 0 Å². The van der Waals surface area contributed by atoms with Crippen LogP contribution in [0.15, 0.2) is 4.99 Å². The Morgan fingerprint density at radius 3 is 1.77 bits per heavy atom. The molecule has 0 aromatic rings. The highest BCUT2D eigenvalue weighted by Gasteiger charge is 2.57. The third-order valence-corrected chi connectivity index (χ3v) is 4.67. The predicted molar refractivity (Wildman–Crippen MR) is 114 cm³/mol. The molecule has 5 atom stereocenters. The summed E-state index contributed by atoms with van der Waals surface area (Å²) in [5.74, 6) is -4.60. The zero-order chi connectivity index (χ0) is 30.1. The average Bonchev–Trinajstić information content (AvgIpc) is 2.73. The molecular formula is C21H26F6N2O10. The number of amides is 1. The van der Waals surface area contributed by atoms with Crippen LogP contribution in [-0.2, 0) is 47.7 Å². The first-order chi connectivity index (χ1) is 17.8. The molecular weight excluding hydrogens is 554 g/mol. The van der Waals surface area contributed by atoms with Gasteiger partial charge in [-0.05, 0) is 6.42 Å². The van der Waals surface area contributed by atoms with Gasteiger partial charge in [0.2, 0.25) is 11.9 Å². The van der Waals surface area contributed by atoms with E-state index in [1.807, 2.05) is 0 Å². The van der Waals surface area contributed by atoms with E-state index in [9.17, 15) is 50.3 Å². The maximum atomic E-state index is 12.6. The SMILES string of the molecule is CC(=O)OC[C@H]1O[C@@H](NC(=O)CCC=NC(C(F)(F)F)C(F)(F)F)[C@H](OC(C)=O)[C@@H](OC(C)=O)[C@@H]1OC(C)=O. The van der Waals surface area contributed by atoms with Crippen molar-refractivity contribution in [2.45, 2.75) is 89.6 Å². The summed E-state index contributed by atoms with van der Waals surface area (Å²) in [7, 11) is 0. The molecule has 1 amide bonds. The van der Waals surface area contributed by atoms with Gasteiger partial charge in [-0.15, -0.1) is 0 Å². The summed E-state index contributed by atoms with van der Waals surface area (Å²) in [5.41, 5.74) is 0. The number of aliphatic imine (C=N–C) groups is 1. The number of carbonyl (C=O) groups excluding carboxylic acids is 5. The van der Waals surface area contributed by atoms with Gasteiger partial charge in [0.05, 0.1) is 0 Å². The number of ether oxygens (including phenoxy) is 5. The number of hydrogen-bond donors (Lipinski definition) is 1. The molecule has 12 nitrogen and oxygen atoms in total. The predicted octanol–water partition coefficient (Wildman–Crippen LogP) is 1.53. The van der Waals surface area contributed by atoms with Crippen molar-refractivity contribution < 1.29 is 74.0 Å². The topological polar surface area (TPSA) is 156 Å². The van der Waals surface area contributed by atoms with Crippen LogP contribution < -0.4 is 5.32 Å². The van der Waals surface area contributed by atoms with Crippen molar-refractivity contribution >= 4 is 36.0 Å². The lowest BCUT2D eigenvalue weighted by Gasteiger charge is -2.44. The Bertz CT molecular complexity index is 925. The van der Waals surface area contributed by atoms with E-state index in [2.05, 4.69) is 10.3 Å². The maximum Gasteiger partial charge on any atom is 0.419 e. The number of nitrogens with one attached hydrogen (secondary N) is 1. The summed E-state index contributed by atoms with van der Waals surface area (Å²) >= 11 is 0. The molecule has 1 N–H and O–H groups in total. The van der Waals surface area contributed by atoms with Gasteiger partial charge in [0, 0.05) is 40.3 Å². The summed E-state index contributed by atoms with van der Waals surface area (Å²) in [6, 6.07) is -3.98. The first-order valence-electron chi connectivity index (χ1n) is 11.1. The Morgan fingerprint density at radius 1 is 0.821 bits per heavy atom. The van der Waals surface area contributed by atoms with Crippen LogP contribution in [0.25, 0.3) is 0 Å². The Labute approximate surface area is 217 Å². The van der Waals surface area contributed by atoms with Crippen LogP contribution >= 0.6 is 0 Å². The monoisotopic (exact) mass is 580 g/mol. The van der Waals surface area contributed by atoms with E-state index in [1.165, 1.54) is 0 Å². The van der Waals surface area contributed by atoms with E-state index < -0.39 is 98.3 Å². The molecule has 1 aliphatic heterocycles. The fraction of sp³-hybridized carbons (Fsp3) is 0.714. The molecule has 1 rings (SSSR count). The van der Waals surface area contributed by atoms with Crippen LogP contribution in [0.2, 0.25) is 0 Å². The average molecular weight is 580 g/mol. The molecule has 0 aromatic heterocycles. The third-order valence-electron chi connectivity index (χ3n) is 4.67. The molecule has 1 fully saturated rings. The summed E-state index contributed by atoms with van der Waals surface area (Å²) in [5, 5.41) is 2.20. The summed E-state index contributed by atoms with van der Waals surface area (Å²) in [6.07, 6.45) is -20.3.